The molecule has 2 aromatic rings. The fourth-order valence-electron chi connectivity index (χ4n) is 4.26. The van der Waals surface area contributed by atoms with Gasteiger partial charge in [0.25, 0.3) is 0 Å². The van der Waals surface area contributed by atoms with Crippen molar-refractivity contribution >= 4 is 11.8 Å². The number of carbonyl (C=O) groups is 2. The minimum Gasteiger partial charge on any atom is -0.445 e. The molecular formula is C23H29N3O3. The van der Waals surface area contributed by atoms with Crippen molar-refractivity contribution in [2.24, 2.45) is 0 Å². The number of benzene rings is 1. The topological polar surface area (TPSA) is 66.7 Å². The van der Waals surface area contributed by atoms with Gasteiger partial charge in [0.1, 0.15) is 5.76 Å². The number of hydrogen-bond acceptors (Lipinski definition) is 4. The highest BCUT2D eigenvalue weighted by Gasteiger charge is 2.29. The van der Waals surface area contributed by atoms with Crippen molar-refractivity contribution in [3.8, 4) is 0 Å². The first-order valence-electron chi connectivity index (χ1n) is 10.7. The van der Waals surface area contributed by atoms with Gasteiger partial charge in [0, 0.05) is 32.5 Å². The number of aromatic nitrogens is 1. The van der Waals surface area contributed by atoms with Crippen LogP contribution in [0, 0.1) is 0 Å². The standard InChI is InChI=1S/C23H29N3O3/c27-21-11-5-2-6-12-26(21)17-22(28)25-13-7-10-19(16-25)23-24-15-20(29-23)14-18-8-3-1-4-9-18/h1,3-4,8-9,15,19H,2,5-7,10-14,16-17H2/t19-/m1/s1. The highest BCUT2D eigenvalue weighted by Crippen LogP contribution is 2.27. The van der Waals surface area contributed by atoms with Crippen LogP contribution in [-0.2, 0) is 16.0 Å². The molecular weight excluding hydrogens is 366 g/mol. The van der Waals surface area contributed by atoms with E-state index < -0.39 is 0 Å². The summed E-state index contributed by atoms with van der Waals surface area (Å²) in [6.07, 6.45) is 7.98. The number of amides is 2. The summed E-state index contributed by atoms with van der Waals surface area (Å²) < 4.78 is 6.03. The average molecular weight is 396 g/mol. The predicted octanol–water partition coefficient (Wildman–Crippen LogP) is 3.37. The highest BCUT2D eigenvalue weighted by molar-refractivity contribution is 5.85. The van der Waals surface area contributed by atoms with Crippen molar-refractivity contribution in [2.45, 2.75) is 50.9 Å². The normalized spacial score (nSPS) is 20.6. The van der Waals surface area contributed by atoms with Crippen LogP contribution in [0.3, 0.4) is 0 Å². The smallest absolute Gasteiger partial charge is 0.242 e. The van der Waals surface area contributed by atoms with Gasteiger partial charge in [-0.15, -0.1) is 0 Å². The molecule has 2 amide bonds. The molecule has 6 heteroatoms. The lowest BCUT2D eigenvalue weighted by Crippen LogP contribution is -2.46. The van der Waals surface area contributed by atoms with Crippen LogP contribution in [0.1, 0.15) is 61.7 Å². The molecule has 2 aliphatic heterocycles. The summed E-state index contributed by atoms with van der Waals surface area (Å²) in [4.78, 5) is 33.2. The minimum atomic E-state index is 0.0426. The molecule has 0 bridgehead atoms. The molecule has 2 saturated heterocycles. The van der Waals surface area contributed by atoms with Gasteiger partial charge in [-0.25, -0.2) is 4.98 Å². The molecule has 6 nitrogen and oxygen atoms in total. The summed E-state index contributed by atoms with van der Waals surface area (Å²) in [5.41, 5.74) is 1.19. The molecule has 0 spiro atoms. The monoisotopic (exact) mass is 395 g/mol. The zero-order chi connectivity index (χ0) is 20.1. The Labute approximate surface area is 171 Å². The lowest BCUT2D eigenvalue weighted by molar-refractivity contribution is -0.141. The summed E-state index contributed by atoms with van der Waals surface area (Å²) in [7, 11) is 0. The van der Waals surface area contributed by atoms with Crippen LogP contribution in [-0.4, -0.2) is 52.8 Å². The highest BCUT2D eigenvalue weighted by atomic mass is 16.4. The van der Waals surface area contributed by atoms with E-state index in [4.69, 9.17) is 4.42 Å². The van der Waals surface area contributed by atoms with E-state index in [9.17, 15) is 9.59 Å². The van der Waals surface area contributed by atoms with Crippen molar-refractivity contribution in [1.82, 2.24) is 14.8 Å². The second-order valence-electron chi connectivity index (χ2n) is 8.13. The van der Waals surface area contributed by atoms with Gasteiger partial charge in [-0.3, -0.25) is 9.59 Å². The molecule has 0 radical (unpaired) electrons. The molecule has 0 N–H and O–H groups in total. The maximum Gasteiger partial charge on any atom is 0.242 e. The largest absolute Gasteiger partial charge is 0.445 e. The van der Waals surface area contributed by atoms with Gasteiger partial charge >= 0.3 is 0 Å². The van der Waals surface area contributed by atoms with Crippen molar-refractivity contribution < 1.29 is 14.0 Å². The van der Waals surface area contributed by atoms with E-state index in [1.54, 1.807) is 11.1 Å². The molecule has 0 saturated carbocycles. The summed E-state index contributed by atoms with van der Waals surface area (Å²) in [5, 5.41) is 0. The van der Waals surface area contributed by atoms with Crippen LogP contribution >= 0.6 is 0 Å². The van der Waals surface area contributed by atoms with Gasteiger partial charge in [0.2, 0.25) is 11.8 Å². The molecule has 154 valence electrons. The Morgan fingerprint density at radius 3 is 2.83 bits per heavy atom. The minimum absolute atomic E-state index is 0.0426. The van der Waals surface area contributed by atoms with Crippen LogP contribution in [0.15, 0.2) is 40.9 Å². The average Bonchev–Trinajstić information content (AvgIpc) is 3.12. The molecule has 1 aromatic heterocycles. The Morgan fingerprint density at radius 1 is 1.10 bits per heavy atom. The molecule has 0 aliphatic carbocycles. The Kier molecular flexibility index (Phi) is 6.27. The SMILES string of the molecule is O=C1CCCCCN1CC(=O)N1CCC[C@@H](c2ncc(Cc3ccccc3)o2)C1. The first-order valence-corrected chi connectivity index (χ1v) is 10.7. The zero-order valence-corrected chi connectivity index (χ0v) is 16.9. The van der Waals surface area contributed by atoms with Gasteiger partial charge in [0.15, 0.2) is 5.89 Å². The van der Waals surface area contributed by atoms with Crippen molar-refractivity contribution in [3.05, 3.63) is 53.7 Å². The summed E-state index contributed by atoms with van der Waals surface area (Å²) in [6.45, 7) is 2.27. The summed E-state index contributed by atoms with van der Waals surface area (Å²) in [5.74, 6) is 1.85. The second kappa shape index (κ2) is 9.25. The third-order valence-electron chi connectivity index (χ3n) is 5.91. The van der Waals surface area contributed by atoms with Gasteiger partial charge in [0.05, 0.1) is 18.7 Å². The zero-order valence-electron chi connectivity index (χ0n) is 16.9. The second-order valence-corrected chi connectivity index (χ2v) is 8.13. The van der Waals surface area contributed by atoms with E-state index in [1.807, 2.05) is 23.1 Å². The van der Waals surface area contributed by atoms with E-state index in [0.717, 1.165) is 56.7 Å². The van der Waals surface area contributed by atoms with E-state index in [1.165, 1.54) is 5.56 Å². The quantitative estimate of drug-likeness (QED) is 0.778. The Balaban J connectivity index is 1.35. The maximum atomic E-state index is 12.8. The van der Waals surface area contributed by atoms with Crippen LogP contribution in [0.25, 0.3) is 0 Å². The Hall–Kier alpha value is -2.63. The van der Waals surface area contributed by atoms with Crippen LogP contribution in [0.5, 0.6) is 0 Å². The fourth-order valence-corrected chi connectivity index (χ4v) is 4.26. The number of carbonyl (C=O) groups excluding carboxylic acids is 2. The van der Waals surface area contributed by atoms with Crippen LogP contribution < -0.4 is 0 Å². The van der Waals surface area contributed by atoms with Crippen molar-refractivity contribution in [3.63, 3.8) is 0 Å². The summed E-state index contributed by atoms with van der Waals surface area (Å²) >= 11 is 0. The first kappa shape index (κ1) is 19.7. The molecule has 4 rings (SSSR count). The van der Waals surface area contributed by atoms with Crippen LogP contribution in [0.2, 0.25) is 0 Å². The molecule has 2 aliphatic rings. The Bertz CT molecular complexity index is 833. The number of hydrogen-bond donors (Lipinski definition) is 0. The third-order valence-corrected chi connectivity index (χ3v) is 5.91. The van der Waals surface area contributed by atoms with Crippen LogP contribution in [0.4, 0.5) is 0 Å². The first-order chi connectivity index (χ1) is 14.2. The number of rotatable bonds is 5. The predicted molar refractivity (Wildman–Crippen MR) is 109 cm³/mol. The number of likely N-dealkylation sites (tertiary alicyclic amines) is 2. The molecule has 1 aromatic carbocycles. The van der Waals surface area contributed by atoms with Gasteiger partial charge in [-0.2, -0.15) is 0 Å². The lowest BCUT2D eigenvalue weighted by Gasteiger charge is -2.33. The maximum absolute atomic E-state index is 12.8. The molecule has 29 heavy (non-hydrogen) atoms. The van der Waals surface area contributed by atoms with E-state index in [0.29, 0.717) is 19.5 Å². The molecule has 1 atom stereocenters. The number of oxazole rings is 1. The van der Waals surface area contributed by atoms with Crippen molar-refractivity contribution in [1.29, 1.82) is 0 Å². The van der Waals surface area contributed by atoms with E-state index in [-0.39, 0.29) is 24.3 Å². The lowest BCUT2D eigenvalue weighted by atomic mass is 9.98. The van der Waals surface area contributed by atoms with E-state index >= 15 is 0 Å². The molecule has 0 unspecified atom stereocenters. The number of nitrogens with zero attached hydrogens (tertiary/aromatic N) is 3. The van der Waals surface area contributed by atoms with Crippen molar-refractivity contribution in [2.75, 3.05) is 26.2 Å². The molecule has 3 heterocycles. The summed E-state index contributed by atoms with van der Waals surface area (Å²) in [6, 6.07) is 10.2. The Morgan fingerprint density at radius 2 is 1.97 bits per heavy atom. The van der Waals surface area contributed by atoms with Gasteiger partial charge < -0.3 is 14.2 Å². The third kappa shape index (κ3) is 5.05. The molecule has 2 fully saturated rings. The number of piperidine rings is 1. The van der Waals surface area contributed by atoms with Gasteiger partial charge in [-0.05, 0) is 31.2 Å². The van der Waals surface area contributed by atoms with Gasteiger partial charge in [-0.1, -0.05) is 36.8 Å². The fraction of sp³-hybridized carbons (Fsp3) is 0.522. The van der Waals surface area contributed by atoms with E-state index in [2.05, 4.69) is 17.1 Å².